The number of aromatic nitrogens is 5. The van der Waals surface area contributed by atoms with Crippen molar-refractivity contribution in [2.24, 2.45) is 35.2 Å². The highest BCUT2D eigenvalue weighted by molar-refractivity contribution is 5.85. The van der Waals surface area contributed by atoms with E-state index in [0.717, 1.165) is 16.6 Å². The van der Waals surface area contributed by atoms with Crippen LogP contribution >= 0.6 is 0 Å². The Hall–Kier alpha value is -10.8. The summed E-state index contributed by atoms with van der Waals surface area (Å²) in [4.78, 5) is 0. The minimum Gasteiger partial charge on any atom is -0.207 e. The van der Waals surface area contributed by atoms with Crippen molar-refractivity contribution in [2.75, 3.05) is 0 Å². The number of benzene rings is 10. The Labute approximate surface area is 624 Å². The topological polar surface area (TPSA) is 19.4 Å². The molecular weight excluding hydrogens is 1280 g/mol. The second-order valence-corrected chi connectivity index (χ2v) is 30.1. The maximum atomic E-state index is 13.7. The summed E-state index contributed by atoms with van der Waals surface area (Å²) >= 11 is 0. The summed E-state index contributed by atoms with van der Waals surface area (Å²) in [7, 11) is 10.7. The number of halogens is 1. The van der Waals surface area contributed by atoms with E-state index < -0.39 is 0 Å². The first-order valence-electron chi connectivity index (χ1n) is 36.9. The van der Waals surface area contributed by atoms with Crippen molar-refractivity contribution in [3.63, 3.8) is 0 Å². The third kappa shape index (κ3) is 16.0. The Morgan fingerprint density at radius 1 is 0.190 bits per heavy atom. The van der Waals surface area contributed by atoms with Gasteiger partial charge in [-0.2, -0.15) is 22.8 Å². The Morgan fingerprint density at radius 2 is 0.457 bits per heavy atom. The van der Waals surface area contributed by atoms with Gasteiger partial charge in [-0.25, -0.2) is 4.39 Å². The van der Waals surface area contributed by atoms with Gasteiger partial charge in [0.1, 0.15) is 41.1 Å². The minimum absolute atomic E-state index is 0.151. The van der Waals surface area contributed by atoms with Crippen LogP contribution in [0.1, 0.15) is 106 Å². The Balaban J connectivity index is 0.000000131. The molecule has 0 aliphatic rings. The molecule has 0 N–H and O–H groups in total. The summed E-state index contributed by atoms with van der Waals surface area (Å²) in [6.07, 6.45) is 0. The fourth-order valence-electron chi connectivity index (χ4n) is 15.3. The Morgan fingerprint density at radius 3 is 0.838 bits per heavy atom. The van der Waals surface area contributed by atoms with Crippen LogP contribution in [0.3, 0.4) is 0 Å². The van der Waals surface area contributed by atoms with Crippen LogP contribution in [0.15, 0.2) is 212 Å². The van der Waals surface area contributed by atoms with Crippen LogP contribution in [0, 0.1) is 137 Å². The zero-order valence-corrected chi connectivity index (χ0v) is 66.8. The average molecular weight is 1390 g/mol. The molecule has 0 bridgehead atoms. The summed E-state index contributed by atoms with van der Waals surface area (Å²) in [5.74, 6) is -0.151. The van der Waals surface area contributed by atoms with Crippen LogP contribution < -0.4 is 22.8 Å². The van der Waals surface area contributed by atoms with Gasteiger partial charge in [0.15, 0.2) is 0 Å². The third-order valence-electron chi connectivity index (χ3n) is 21.7. The number of hydrogen-bond donors (Lipinski definition) is 0. The van der Waals surface area contributed by atoms with Gasteiger partial charge < -0.3 is 0 Å². The highest BCUT2D eigenvalue weighted by Crippen LogP contribution is 2.33. The van der Waals surface area contributed by atoms with E-state index >= 15 is 0 Å². The van der Waals surface area contributed by atoms with Crippen LogP contribution in [-0.4, -0.2) is 0 Å². The molecule has 0 unspecified atom stereocenters. The molecule has 15 rings (SSSR count). The molecular formula is C99H107FN5+5. The van der Waals surface area contributed by atoms with Crippen LogP contribution in [-0.2, 0) is 35.2 Å². The molecule has 0 aliphatic heterocycles. The lowest BCUT2D eigenvalue weighted by Crippen LogP contribution is -2.32. The third-order valence-corrected chi connectivity index (χ3v) is 21.7. The maximum absolute atomic E-state index is 13.7. The van der Waals surface area contributed by atoms with Gasteiger partial charge in [0.2, 0.25) is 56.1 Å². The molecule has 0 spiro atoms. The van der Waals surface area contributed by atoms with E-state index in [1.165, 1.54) is 194 Å². The first-order valence-corrected chi connectivity index (χ1v) is 36.9. The van der Waals surface area contributed by atoms with Crippen molar-refractivity contribution >= 4 is 54.5 Å². The molecule has 0 fully saturated rings. The predicted octanol–water partition coefficient (Wildman–Crippen LogP) is 22.7. The summed E-state index contributed by atoms with van der Waals surface area (Å²) in [6.45, 7) is 40.9. The van der Waals surface area contributed by atoms with Crippen LogP contribution in [0.25, 0.3) is 111 Å². The predicted molar refractivity (Wildman–Crippen MR) is 443 cm³/mol. The standard InChI is InChI=1S/C21H24N.2C20H22N.C19H19FN.C19H20N/c1-13-9-15(3)17(5)19(11-13)20-8-7-18-16(4)10-14(2)12-21(18)22(20)6;1-13-6-7-17-8-9-19(21(5)20(17)12-13)18-11-14(2)10-15(3)16(18)4;1-13-6-7-15(3)18(11-13)19-9-8-17-16(4)10-14(2)12-20(17)21(19)5;1-12-5-6-13(2)16(11-12)19-9-7-15-14(3)17(20)8-10-18(15)21(19)4;1-13-5-7-15(3)17(11-13)18-10-9-16-8-6-14(2)12-19(16)20(18)4/h7-12H,1-6H3;2*6-12H,1-5H3;5-11H,1-4H3;5-12H,1-4H3/q5*+1. The smallest absolute Gasteiger partial charge is 0.207 e. The summed E-state index contributed by atoms with van der Waals surface area (Å²) in [6, 6.07) is 76.6. The number of hydrogen-bond acceptors (Lipinski definition) is 0. The van der Waals surface area contributed by atoms with E-state index in [4.69, 9.17) is 0 Å². The van der Waals surface area contributed by atoms with Crippen LogP contribution in [0.5, 0.6) is 0 Å². The van der Waals surface area contributed by atoms with Gasteiger partial charge in [-0.3, -0.25) is 0 Å². The lowest BCUT2D eigenvalue weighted by atomic mass is 9.96. The highest BCUT2D eigenvalue weighted by Gasteiger charge is 2.23. The van der Waals surface area contributed by atoms with E-state index in [2.05, 4.69) is 370 Å². The van der Waals surface area contributed by atoms with E-state index in [9.17, 15) is 4.39 Å². The molecule has 15 aromatic rings. The molecule has 5 aromatic heterocycles. The van der Waals surface area contributed by atoms with Crippen molar-refractivity contribution in [1.82, 2.24) is 0 Å². The van der Waals surface area contributed by atoms with Gasteiger partial charge in [-0.1, -0.05) is 101 Å². The summed E-state index contributed by atoms with van der Waals surface area (Å²) in [5, 5.41) is 6.20. The Kier molecular flexibility index (Phi) is 22.4. The fourth-order valence-corrected chi connectivity index (χ4v) is 15.3. The van der Waals surface area contributed by atoms with Gasteiger partial charge >= 0.3 is 0 Å². The number of aryl methyl sites for hydroxylation is 22. The van der Waals surface area contributed by atoms with E-state index in [1.54, 1.807) is 6.07 Å². The molecule has 0 atom stereocenters. The first-order chi connectivity index (χ1) is 49.9. The quantitative estimate of drug-likeness (QED) is 0.153. The molecule has 5 nitrogen and oxygen atoms in total. The van der Waals surface area contributed by atoms with Crippen molar-refractivity contribution < 1.29 is 27.2 Å². The highest BCUT2D eigenvalue weighted by atomic mass is 19.1. The fraction of sp³-hybridized carbons (Fsp3) is 0.242. The normalized spacial score (nSPS) is 11.1. The second-order valence-electron chi connectivity index (χ2n) is 30.1. The summed E-state index contributed by atoms with van der Waals surface area (Å²) < 4.78 is 25.1. The van der Waals surface area contributed by atoms with Crippen LogP contribution in [0.2, 0.25) is 0 Å². The molecule has 0 amide bonds. The second kappa shape index (κ2) is 31.2. The molecule has 6 heteroatoms. The number of pyridine rings is 5. The van der Waals surface area contributed by atoms with E-state index in [1.807, 2.05) is 26.1 Å². The molecule has 530 valence electrons. The van der Waals surface area contributed by atoms with Crippen molar-refractivity contribution in [3.8, 4) is 56.3 Å². The molecule has 10 aromatic carbocycles. The lowest BCUT2D eigenvalue weighted by Gasteiger charge is -2.11. The average Bonchev–Trinajstić information content (AvgIpc) is 0.798. The zero-order chi connectivity index (χ0) is 75.7. The van der Waals surface area contributed by atoms with Crippen molar-refractivity contribution in [3.05, 3.63) is 324 Å². The number of nitrogens with zero attached hydrogens (tertiary/aromatic N) is 5. The van der Waals surface area contributed by atoms with Crippen molar-refractivity contribution in [1.29, 1.82) is 0 Å². The van der Waals surface area contributed by atoms with Crippen molar-refractivity contribution in [2.45, 2.75) is 132 Å². The van der Waals surface area contributed by atoms with Gasteiger partial charge in [-0.05, 0) is 288 Å². The lowest BCUT2D eigenvalue weighted by molar-refractivity contribution is -0.633. The zero-order valence-electron chi connectivity index (χ0n) is 66.8. The van der Waals surface area contributed by atoms with Gasteiger partial charge in [0, 0.05) is 110 Å². The Bertz CT molecular complexity index is 5910. The molecule has 0 saturated heterocycles. The molecule has 5 heterocycles. The van der Waals surface area contributed by atoms with E-state index in [0.29, 0.717) is 5.56 Å². The van der Waals surface area contributed by atoms with E-state index in [-0.39, 0.29) is 5.82 Å². The minimum atomic E-state index is -0.151. The number of rotatable bonds is 5. The molecule has 0 saturated carbocycles. The van der Waals surface area contributed by atoms with Gasteiger partial charge in [0.05, 0.1) is 5.39 Å². The molecule has 0 radical (unpaired) electrons. The first kappa shape index (κ1) is 75.3. The van der Waals surface area contributed by atoms with Gasteiger partial charge in [-0.15, -0.1) is 0 Å². The molecule has 0 aliphatic carbocycles. The number of fused-ring (bicyclic) bond motifs is 5. The summed E-state index contributed by atoms with van der Waals surface area (Å²) in [5.41, 5.74) is 43.4. The largest absolute Gasteiger partial charge is 0.213 e. The monoisotopic (exact) mass is 1380 g/mol. The van der Waals surface area contributed by atoms with Crippen LogP contribution in [0.4, 0.5) is 4.39 Å². The molecule has 105 heavy (non-hydrogen) atoms. The maximum Gasteiger partial charge on any atom is 0.213 e. The SMILES string of the molecule is Cc1cc(C)c(C)c(-c2ccc3c(C)cc(C)cc3[n+]2C)c1.Cc1cc(C)c(C)c(-c2ccc3ccc(C)cc3[n+]2C)c1.Cc1ccc(C)c(-c2ccc3c(C)c(F)ccc3[n+]2C)c1.Cc1ccc(C)c(-c2ccc3c(C)cc(C)cc3[n+]2C)c1.Cc1ccc(C)c(-c2ccc3ccc(C)cc3[n+]2C)c1. The van der Waals surface area contributed by atoms with Gasteiger partial charge in [0.25, 0.3) is 0 Å².